The summed E-state index contributed by atoms with van der Waals surface area (Å²) in [7, 11) is 1.29. The summed E-state index contributed by atoms with van der Waals surface area (Å²) in [6.45, 7) is 11.9. The highest BCUT2D eigenvalue weighted by Gasteiger charge is 2.40. The zero-order valence-corrected chi connectivity index (χ0v) is 16.0. The zero-order valence-electron chi connectivity index (χ0n) is 16.0. The maximum absolute atomic E-state index is 12.4. The molecular weight excluding hydrogens is 308 g/mol. The van der Waals surface area contributed by atoms with Gasteiger partial charge in [0, 0.05) is 17.4 Å². The third-order valence-electron chi connectivity index (χ3n) is 4.28. The van der Waals surface area contributed by atoms with Gasteiger partial charge in [0.2, 0.25) is 11.8 Å². The van der Waals surface area contributed by atoms with E-state index in [4.69, 9.17) is 4.74 Å². The first-order chi connectivity index (χ1) is 10.8. The van der Waals surface area contributed by atoms with Crippen LogP contribution in [-0.4, -0.2) is 36.5 Å². The molecule has 6 nitrogen and oxygen atoms in total. The average molecular weight is 340 g/mol. The first kappa shape index (κ1) is 20.5. The van der Waals surface area contributed by atoms with Crippen LogP contribution in [-0.2, 0) is 19.1 Å². The molecular formula is C18H32N2O4. The standard InChI is InChI=1S/C18H32N2O4/c1-11(9-17(2,3)4)14(21)19-13(16(23)24-7)8-12-10-18(5,6)20-15(12)22/h11-13H,8-10H2,1-7H3,(H,19,21)(H,20,22)/t11-,12+,13-/m0/s1. The summed E-state index contributed by atoms with van der Waals surface area (Å²) in [5, 5.41) is 5.68. The lowest BCUT2D eigenvalue weighted by Crippen LogP contribution is -2.45. The summed E-state index contributed by atoms with van der Waals surface area (Å²) < 4.78 is 4.81. The van der Waals surface area contributed by atoms with Crippen molar-refractivity contribution < 1.29 is 19.1 Å². The molecule has 2 N–H and O–H groups in total. The Kier molecular flexibility index (Phi) is 6.42. The Morgan fingerprint density at radius 2 is 1.96 bits per heavy atom. The molecule has 1 aliphatic heterocycles. The molecule has 1 rings (SSSR count). The second-order valence-corrected chi connectivity index (χ2v) is 8.76. The van der Waals surface area contributed by atoms with E-state index in [9.17, 15) is 14.4 Å². The number of carbonyl (C=O) groups is 3. The minimum absolute atomic E-state index is 0.0207. The maximum Gasteiger partial charge on any atom is 0.328 e. The molecule has 6 heteroatoms. The fourth-order valence-electron chi connectivity index (χ4n) is 3.35. The van der Waals surface area contributed by atoms with Crippen molar-refractivity contribution in [3.63, 3.8) is 0 Å². The van der Waals surface area contributed by atoms with Gasteiger partial charge in [0.15, 0.2) is 0 Å². The van der Waals surface area contributed by atoms with Crippen molar-refractivity contribution in [3.05, 3.63) is 0 Å². The number of methoxy groups -OCH3 is 1. The van der Waals surface area contributed by atoms with Crippen LogP contribution in [0.5, 0.6) is 0 Å². The second-order valence-electron chi connectivity index (χ2n) is 8.76. The van der Waals surface area contributed by atoms with Crippen LogP contribution < -0.4 is 10.6 Å². The van der Waals surface area contributed by atoms with E-state index in [1.54, 1.807) is 0 Å². The van der Waals surface area contributed by atoms with Gasteiger partial charge >= 0.3 is 5.97 Å². The highest BCUT2D eigenvalue weighted by molar-refractivity contribution is 5.87. The monoisotopic (exact) mass is 340 g/mol. The van der Waals surface area contributed by atoms with E-state index in [1.165, 1.54) is 7.11 Å². The van der Waals surface area contributed by atoms with Gasteiger partial charge in [-0.15, -0.1) is 0 Å². The van der Waals surface area contributed by atoms with E-state index in [0.29, 0.717) is 12.8 Å². The number of esters is 1. The van der Waals surface area contributed by atoms with Gasteiger partial charge in [-0.05, 0) is 38.5 Å². The normalized spacial score (nSPS) is 22.5. The molecule has 1 heterocycles. The summed E-state index contributed by atoms with van der Waals surface area (Å²) in [5.74, 6) is -1.29. The minimum Gasteiger partial charge on any atom is -0.467 e. The molecule has 24 heavy (non-hydrogen) atoms. The zero-order chi connectivity index (χ0) is 18.7. The molecule has 2 amide bonds. The fraction of sp³-hybridized carbons (Fsp3) is 0.833. The Bertz CT molecular complexity index is 494. The molecule has 0 radical (unpaired) electrons. The molecule has 0 unspecified atom stereocenters. The molecule has 1 saturated heterocycles. The van der Waals surface area contributed by atoms with Crippen molar-refractivity contribution in [2.45, 2.75) is 72.4 Å². The molecule has 0 aromatic rings. The van der Waals surface area contributed by atoms with Crippen molar-refractivity contribution in [2.75, 3.05) is 7.11 Å². The topological polar surface area (TPSA) is 84.5 Å². The van der Waals surface area contributed by atoms with Crippen molar-refractivity contribution >= 4 is 17.8 Å². The summed E-state index contributed by atoms with van der Waals surface area (Å²) in [5.41, 5.74) is -0.265. The molecule has 0 aromatic heterocycles. The second kappa shape index (κ2) is 7.53. The fourth-order valence-corrected chi connectivity index (χ4v) is 3.35. The highest BCUT2D eigenvalue weighted by Crippen LogP contribution is 2.28. The van der Waals surface area contributed by atoms with E-state index in [2.05, 4.69) is 31.4 Å². The minimum atomic E-state index is -0.797. The molecule has 0 aromatic carbocycles. The van der Waals surface area contributed by atoms with Gasteiger partial charge in [0.05, 0.1) is 7.11 Å². The predicted octanol–water partition coefficient (Wildman–Crippen LogP) is 2.02. The van der Waals surface area contributed by atoms with Crippen LogP contribution in [0.3, 0.4) is 0 Å². The highest BCUT2D eigenvalue weighted by atomic mass is 16.5. The molecule has 1 aliphatic rings. The number of hydrogen-bond acceptors (Lipinski definition) is 4. The first-order valence-corrected chi connectivity index (χ1v) is 8.55. The lowest BCUT2D eigenvalue weighted by Gasteiger charge is -2.25. The van der Waals surface area contributed by atoms with Crippen molar-refractivity contribution in [1.29, 1.82) is 0 Å². The number of carbonyl (C=O) groups excluding carboxylic acids is 3. The molecule has 138 valence electrons. The molecule has 0 spiro atoms. The Labute approximate surface area is 145 Å². The Balaban J connectivity index is 2.75. The molecule has 1 fully saturated rings. The molecule has 0 bridgehead atoms. The van der Waals surface area contributed by atoms with E-state index in [1.807, 2.05) is 20.8 Å². The van der Waals surface area contributed by atoms with E-state index in [-0.39, 0.29) is 41.0 Å². The maximum atomic E-state index is 12.4. The number of amides is 2. The van der Waals surface area contributed by atoms with E-state index >= 15 is 0 Å². The Hall–Kier alpha value is -1.59. The number of ether oxygens (including phenoxy) is 1. The smallest absolute Gasteiger partial charge is 0.328 e. The predicted molar refractivity (Wildman–Crippen MR) is 92.1 cm³/mol. The van der Waals surface area contributed by atoms with Gasteiger partial charge in [-0.25, -0.2) is 4.79 Å². The van der Waals surface area contributed by atoms with Crippen molar-refractivity contribution in [1.82, 2.24) is 10.6 Å². The number of hydrogen-bond donors (Lipinski definition) is 2. The largest absolute Gasteiger partial charge is 0.467 e. The average Bonchev–Trinajstić information content (AvgIpc) is 2.67. The van der Waals surface area contributed by atoms with Crippen LogP contribution >= 0.6 is 0 Å². The first-order valence-electron chi connectivity index (χ1n) is 8.55. The third kappa shape index (κ3) is 6.13. The van der Waals surface area contributed by atoms with Crippen molar-refractivity contribution in [3.8, 4) is 0 Å². The van der Waals surface area contributed by atoms with Gasteiger partial charge in [-0.2, -0.15) is 0 Å². The Morgan fingerprint density at radius 3 is 2.38 bits per heavy atom. The number of nitrogens with one attached hydrogen (secondary N) is 2. The van der Waals surface area contributed by atoms with Crippen LogP contribution in [0.15, 0.2) is 0 Å². The Morgan fingerprint density at radius 1 is 1.38 bits per heavy atom. The van der Waals surface area contributed by atoms with Crippen LogP contribution in [0.1, 0.15) is 60.8 Å². The van der Waals surface area contributed by atoms with Crippen LogP contribution in [0.25, 0.3) is 0 Å². The lowest BCUT2D eigenvalue weighted by molar-refractivity contribution is -0.146. The quantitative estimate of drug-likeness (QED) is 0.725. The summed E-state index contributed by atoms with van der Waals surface area (Å²) in [6, 6.07) is -0.797. The molecule has 0 aliphatic carbocycles. The van der Waals surface area contributed by atoms with Crippen LogP contribution in [0.2, 0.25) is 0 Å². The lowest BCUT2D eigenvalue weighted by atomic mass is 9.85. The molecule has 0 saturated carbocycles. The summed E-state index contributed by atoms with van der Waals surface area (Å²) in [4.78, 5) is 36.5. The summed E-state index contributed by atoms with van der Waals surface area (Å²) in [6.07, 6.45) is 1.60. The van der Waals surface area contributed by atoms with Crippen LogP contribution in [0.4, 0.5) is 0 Å². The van der Waals surface area contributed by atoms with Gasteiger partial charge < -0.3 is 15.4 Å². The van der Waals surface area contributed by atoms with Gasteiger partial charge in [0.25, 0.3) is 0 Å². The number of rotatable bonds is 6. The van der Waals surface area contributed by atoms with Gasteiger partial charge in [0.1, 0.15) is 6.04 Å². The van der Waals surface area contributed by atoms with E-state index < -0.39 is 12.0 Å². The molecule has 3 atom stereocenters. The van der Waals surface area contributed by atoms with Crippen LogP contribution in [0, 0.1) is 17.3 Å². The van der Waals surface area contributed by atoms with Crippen molar-refractivity contribution in [2.24, 2.45) is 17.3 Å². The van der Waals surface area contributed by atoms with E-state index in [0.717, 1.165) is 0 Å². The SMILES string of the molecule is COC(=O)[C@H](C[C@@H]1CC(C)(C)NC1=O)NC(=O)[C@@H](C)CC(C)(C)C. The van der Waals surface area contributed by atoms with Gasteiger partial charge in [-0.3, -0.25) is 9.59 Å². The summed E-state index contributed by atoms with van der Waals surface area (Å²) >= 11 is 0. The van der Waals surface area contributed by atoms with Gasteiger partial charge in [-0.1, -0.05) is 27.7 Å². The third-order valence-corrected chi connectivity index (χ3v) is 4.28.